The minimum atomic E-state index is -1.16. The zero-order valence-corrected chi connectivity index (χ0v) is 21.9. The molecular formula is C29H40O4. The summed E-state index contributed by atoms with van der Waals surface area (Å²) in [4.78, 5) is 25.9. The number of ether oxygens (including phenoxy) is 1. The number of esters is 1. The van der Waals surface area contributed by atoms with Crippen LogP contribution in [0.2, 0.25) is 0 Å². The zero-order chi connectivity index (χ0) is 24.9. The zero-order valence-electron chi connectivity index (χ0n) is 21.9. The molecule has 2 saturated carbocycles. The van der Waals surface area contributed by atoms with Crippen LogP contribution in [0.4, 0.5) is 0 Å². The summed E-state index contributed by atoms with van der Waals surface area (Å²) in [5.74, 6) is -0.475. The van der Waals surface area contributed by atoms with Gasteiger partial charge in [-0.25, -0.2) is 0 Å². The number of ketones is 1. The van der Waals surface area contributed by atoms with Gasteiger partial charge in [0.05, 0.1) is 12.0 Å². The van der Waals surface area contributed by atoms with Crippen LogP contribution in [0.25, 0.3) is 0 Å². The summed E-state index contributed by atoms with van der Waals surface area (Å²) in [7, 11) is 0. The Morgan fingerprint density at radius 2 is 1.76 bits per heavy atom. The van der Waals surface area contributed by atoms with Crippen molar-refractivity contribution in [2.45, 2.75) is 81.4 Å². The second-order valence-corrected chi connectivity index (χ2v) is 12.1. The van der Waals surface area contributed by atoms with Crippen LogP contribution in [-0.4, -0.2) is 29.1 Å². The molecule has 0 spiro atoms. The molecule has 4 heteroatoms. The lowest BCUT2D eigenvalue weighted by Crippen LogP contribution is -2.67. The van der Waals surface area contributed by atoms with Gasteiger partial charge in [0.25, 0.3) is 0 Å². The van der Waals surface area contributed by atoms with E-state index in [1.165, 1.54) is 11.1 Å². The average molecular weight is 453 g/mol. The molecule has 0 amide bonds. The first-order valence-electron chi connectivity index (χ1n) is 12.3. The van der Waals surface area contributed by atoms with Gasteiger partial charge >= 0.3 is 5.97 Å². The van der Waals surface area contributed by atoms with E-state index in [0.717, 1.165) is 11.1 Å². The standard InChI is InChI=1S/C29H40O4/c1-11-16(3)22(30)28(9)20-17(4)12-15(2)13-26(20,7)21(28)18(5)14-27(8)24-19(6)23(31)29(27,10)25(32)33-24/h11-14,19-22,24,30H,1-10H3/b16-11+,18-14+/t19-,20+,21+,22+,24?,26-,27+,28+,29-/m0/s1. The Hall–Kier alpha value is -1.94. The molecule has 4 rings (SSSR count). The van der Waals surface area contributed by atoms with Gasteiger partial charge in [-0.05, 0) is 59.0 Å². The number of carbonyl (C=O) groups is 2. The highest BCUT2D eigenvalue weighted by atomic mass is 16.6. The molecule has 3 fully saturated rings. The van der Waals surface area contributed by atoms with E-state index >= 15 is 0 Å². The Balaban J connectivity index is 1.87. The van der Waals surface area contributed by atoms with E-state index < -0.39 is 34.4 Å². The van der Waals surface area contributed by atoms with E-state index in [-0.39, 0.29) is 29.0 Å². The number of aliphatic hydroxyl groups excluding tert-OH is 1. The van der Waals surface area contributed by atoms with Gasteiger partial charge in [0.1, 0.15) is 11.5 Å². The predicted molar refractivity (Wildman–Crippen MR) is 130 cm³/mol. The lowest BCUT2D eigenvalue weighted by atomic mass is 9.34. The number of aliphatic hydroxyl groups is 1. The Bertz CT molecular complexity index is 1060. The fourth-order valence-electron chi connectivity index (χ4n) is 8.87. The van der Waals surface area contributed by atoms with Crippen LogP contribution in [0.15, 0.2) is 46.6 Å². The van der Waals surface area contributed by atoms with Crippen molar-refractivity contribution in [3.63, 3.8) is 0 Å². The normalized spacial score (nSPS) is 48.1. The summed E-state index contributed by atoms with van der Waals surface area (Å²) in [6.07, 6.45) is 7.71. The van der Waals surface area contributed by atoms with Crippen LogP contribution < -0.4 is 0 Å². The van der Waals surface area contributed by atoms with E-state index in [2.05, 4.69) is 52.8 Å². The summed E-state index contributed by atoms with van der Waals surface area (Å²) in [6.45, 7) is 20.5. The van der Waals surface area contributed by atoms with Gasteiger partial charge in [-0.15, -0.1) is 0 Å². The maximum absolute atomic E-state index is 13.1. The first-order valence-corrected chi connectivity index (χ1v) is 12.3. The molecule has 0 aromatic rings. The Morgan fingerprint density at radius 1 is 1.15 bits per heavy atom. The molecule has 0 radical (unpaired) electrons. The van der Waals surface area contributed by atoms with Crippen LogP contribution in [0, 0.1) is 39.4 Å². The SMILES string of the molecule is C/C=C(\C)[C@@H](O)[C@]1(C)[C@@H]2C(C)=CC(C)=C[C@]2(C)[C@H]1/C(C)=C/[C@]1(C)C2OC(=O)[C@]1(C)C(=O)[C@@H]2C. The molecule has 180 valence electrons. The molecule has 1 aliphatic heterocycles. The number of hydrogen-bond donors (Lipinski definition) is 1. The van der Waals surface area contributed by atoms with Crippen molar-refractivity contribution >= 4 is 11.8 Å². The van der Waals surface area contributed by atoms with Gasteiger partial charge in [-0.1, -0.05) is 68.7 Å². The highest BCUT2D eigenvalue weighted by Gasteiger charge is 2.75. The Kier molecular flexibility index (Phi) is 5.16. The van der Waals surface area contributed by atoms with E-state index in [9.17, 15) is 14.7 Å². The van der Waals surface area contributed by atoms with Crippen molar-refractivity contribution < 1.29 is 19.4 Å². The third-order valence-electron chi connectivity index (χ3n) is 10.1. The molecule has 4 nitrogen and oxygen atoms in total. The smallest absolute Gasteiger partial charge is 0.320 e. The predicted octanol–water partition coefficient (Wildman–Crippen LogP) is 5.58. The third-order valence-corrected chi connectivity index (χ3v) is 10.1. The van der Waals surface area contributed by atoms with Gasteiger partial charge in [0, 0.05) is 16.2 Å². The molecule has 1 saturated heterocycles. The number of Topliss-reactive ketones (excluding diaryl/α,β-unsaturated/α-hetero) is 1. The van der Waals surface area contributed by atoms with E-state index in [4.69, 9.17) is 4.74 Å². The number of fused-ring (bicyclic) bond motifs is 3. The summed E-state index contributed by atoms with van der Waals surface area (Å²) >= 11 is 0. The lowest BCUT2D eigenvalue weighted by molar-refractivity contribution is -0.169. The van der Waals surface area contributed by atoms with Crippen LogP contribution in [0.3, 0.4) is 0 Å². The maximum Gasteiger partial charge on any atom is 0.320 e. The molecule has 0 aromatic carbocycles. The minimum Gasteiger partial charge on any atom is -0.460 e. The molecule has 0 aromatic heterocycles. The molecule has 2 bridgehead atoms. The first kappa shape index (κ1) is 24.2. The number of carbonyl (C=O) groups excluding carboxylic acids is 2. The number of rotatable bonds is 4. The van der Waals surface area contributed by atoms with Gasteiger partial charge < -0.3 is 9.84 Å². The summed E-state index contributed by atoms with van der Waals surface area (Å²) in [6, 6.07) is 0. The largest absolute Gasteiger partial charge is 0.460 e. The van der Waals surface area contributed by atoms with Crippen molar-refractivity contribution in [3.05, 3.63) is 46.6 Å². The molecule has 9 atom stereocenters. The fourth-order valence-corrected chi connectivity index (χ4v) is 8.87. The van der Waals surface area contributed by atoms with Gasteiger partial charge in [-0.3, -0.25) is 9.59 Å². The van der Waals surface area contributed by atoms with Crippen molar-refractivity contribution in [1.82, 2.24) is 0 Å². The van der Waals surface area contributed by atoms with E-state index in [0.29, 0.717) is 0 Å². The minimum absolute atomic E-state index is 0.0206. The second-order valence-electron chi connectivity index (χ2n) is 12.1. The van der Waals surface area contributed by atoms with E-state index in [1.54, 1.807) is 6.92 Å². The molecule has 3 aliphatic carbocycles. The lowest BCUT2D eigenvalue weighted by Gasteiger charge is -2.69. The number of allylic oxidation sites excluding steroid dienone is 6. The van der Waals surface area contributed by atoms with Crippen molar-refractivity contribution in [1.29, 1.82) is 0 Å². The molecular weight excluding hydrogens is 412 g/mol. The molecule has 1 unspecified atom stereocenters. The van der Waals surface area contributed by atoms with E-state index in [1.807, 2.05) is 33.8 Å². The third kappa shape index (κ3) is 2.62. The van der Waals surface area contributed by atoms with Gasteiger partial charge in [0.2, 0.25) is 0 Å². The summed E-state index contributed by atoms with van der Waals surface area (Å²) < 4.78 is 5.73. The molecule has 1 N–H and O–H groups in total. The fraction of sp³-hybridized carbons (Fsp3) is 0.655. The number of hydrogen-bond acceptors (Lipinski definition) is 4. The van der Waals surface area contributed by atoms with Crippen molar-refractivity contribution in [2.24, 2.45) is 39.4 Å². The van der Waals surface area contributed by atoms with Crippen molar-refractivity contribution in [3.8, 4) is 0 Å². The van der Waals surface area contributed by atoms with Crippen LogP contribution in [0.5, 0.6) is 0 Å². The molecule has 4 aliphatic rings. The average Bonchev–Trinajstić information content (AvgIpc) is 2.97. The summed E-state index contributed by atoms with van der Waals surface area (Å²) in [5.41, 5.74) is 2.21. The topological polar surface area (TPSA) is 63.6 Å². The Labute approximate surface area is 198 Å². The summed E-state index contributed by atoms with van der Waals surface area (Å²) in [5, 5.41) is 11.6. The van der Waals surface area contributed by atoms with Crippen LogP contribution in [-0.2, 0) is 14.3 Å². The highest BCUT2D eigenvalue weighted by molar-refractivity contribution is 6.10. The second kappa shape index (κ2) is 7.04. The van der Waals surface area contributed by atoms with Crippen molar-refractivity contribution in [2.75, 3.05) is 0 Å². The molecule has 1 heterocycles. The monoisotopic (exact) mass is 452 g/mol. The highest BCUT2D eigenvalue weighted by Crippen LogP contribution is 2.73. The maximum atomic E-state index is 13.1. The van der Waals surface area contributed by atoms with Gasteiger partial charge in [0.15, 0.2) is 5.78 Å². The first-order chi connectivity index (χ1) is 15.1. The van der Waals surface area contributed by atoms with Crippen LogP contribution in [0.1, 0.15) is 69.2 Å². The Morgan fingerprint density at radius 3 is 2.30 bits per heavy atom. The van der Waals surface area contributed by atoms with Crippen LogP contribution >= 0.6 is 0 Å². The molecule has 33 heavy (non-hydrogen) atoms. The van der Waals surface area contributed by atoms with Gasteiger partial charge in [-0.2, -0.15) is 0 Å². The quantitative estimate of drug-likeness (QED) is 0.343.